The maximum absolute atomic E-state index is 11.1. The van der Waals surface area contributed by atoms with Crippen LogP contribution >= 0.6 is 11.8 Å². The van der Waals surface area contributed by atoms with E-state index in [1.165, 1.54) is 4.90 Å². The lowest BCUT2D eigenvalue weighted by Crippen LogP contribution is -2.11. The van der Waals surface area contributed by atoms with E-state index in [9.17, 15) is 4.79 Å². The van der Waals surface area contributed by atoms with Crippen LogP contribution in [0, 0.1) is 0 Å². The van der Waals surface area contributed by atoms with E-state index < -0.39 is 0 Å². The minimum Gasteiger partial charge on any atom is -0.490 e. The second-order valence-electron chi connectivity index (χ2n) is 3.70. The molecule has 0 radical (unpaired) electrons. The summed E-state index contributed by atoms with van der Waals surface area (Å²) in [5.41, 5.74) is 0. The molecule has 0 spiro atoms. The maximum atomic E-state index is 11.1. The summed E-state index contributed by atoms with van der Waals surface area (Å²) >= 11 is 1.71. The summed E-state index contributed by atoms with van der Waals surface area (Å²) < 4.78 is 5.72. The van der Waals surface area contributed by atoms with E-state index in [4.69, 9.17) is 4.74 Å². The zero-order valence-corrected chi connectivity index (χ0v) is 9.55. The number of rotatable bonds is 3. The first kappa shape index (κ1) is 10.6. The third kappa shape index (κ3) is 2.75. The number of ether oxygens (including phenoxy) is 1. The van der Waals surface area contributed by atoms with E-state index in [1.54, 1.807) is 11.8 Å². The molecule has 0 aromatic heterocycles. The van der Waals surface area contributed by atoms with Crippen LogP contribution in [0.4, 0.5) is 0 Å². The molecule has 2 rings (SSSR count). The Labute approximate surface area is 94.0 Å². The molecule has 15 heavy (non-hydrogen) atoms. The van der Waals surface area contributed by atoms with Crippen LogP contribution in [0.3, 0.4) is 0 Å². The highest BCUT2D eigenvalue weighted by atomic mass is 32.2. The average Bonchev–Trinajstić information content (AvgIpc) is 2.65. The fourth-order valence-corrected chi connectivity index (χ4v) is 2.14. The molecule has 0 heterocycles. The first-order valence-electron chi connectivity index (χ1n) is 5.10. The van der Waals surface area contributed by atoms with Crippen LogP contribution in [0.5, 0.6) is 5.75 Å². The van der Waals surface area contributed by atoms with Crippen LogP contribution < -0.4 is 4.74 Å². The van der Waals surface area contributed by atoms with E-state index in [0.29, 0.717) is 18.6 Å². The van der Waals surface area contributed by atoms with Crippen molar-refractivity contribution in [2.75, 3.05) is 6.26 Å². The standard InChI is InChI=1S/C12H14O2S/c1-15-12-6-4-10(5-7-12)14-11-3-2-9(13)8-11/h4-7,11H,2-3,8H2,1H3. The van der Waals surface area contributed by atoms with Crippen molar-refractivity contribution < 1.29 is 9.53 Å². The summed E-state index contributed by atoms with van der Waals surface area (Å²) in [6.07, 6.45) is 4.25. The zero-order valence-electron chi connectivity index (χ0n) is 8.73. The van der Waals surface area contributed by atoms with Crippen LogP contribution in [0.15, 0.2) is 29.2 Å². The van der Waals surface area contributed by atoms with Crippen LogP contribution in [0.25, 0.3) is 0 Å². The SMILES string of the molecule is CSc1ccc(OC2CCC(=O)C2)cc1. The molecule has 1 unspecified atom stereocenters. The van der Waals surface area contributed by atoms with Gasteiger partial charge in [-0.3, -0.25) is 4.79 Å². The van der Waals surface area contributed by atoms with Gasteiger partial charge in [0.1, 0.15) is 17.6 Å². The fraction of sp³-hybridized carbons (Fsp3) is 0.417. The molecule has 0 aliphatic heterocycles. The summed E-state index contributed by atoms with van der Waals surface area (Å²) in [5, 5.41) is 0. The summed E-state index contributed by atoms with van der Waals surface area (Å²) in [6, 6.07) is 8.01. The van der Waals surface area contributed by atoms with Gasteiger partial charge in [-0.25, -0.2) is 0 Å². The van der Waals surface area contributed by atoms with Crippen molar-refractivity contribution in [3.8, 4) is 5.75 Å². The number of hydrogen-bond acceptors (Lipinski definition) is 3. The predicted molar refractivity (Wildman–Crippen MR) is 61.5 cm³/mol. The minimum absolute atomic E-state index is 0.0950. The van der Waals surface area contributed by atoms with Gasteiger partial charge >= 0.3 is 0 Å². The smallest absolute Gasteiger partial charge is 0.136 e. The molecular formula is C12H14O2S. The molecule has 1 aliphatic rings. The highest BCUT2D eigenvalue weighted by molar-refractivity contribution is 7.98. The Morgan fingerprint density at radius 1 is 1.33 bits per heavy atom. The minimum atomic E-state index is 0.0950. The van der Waals surface area contributed by atoms with E-state index in [-0.39, 0.29) is 6.10 Å². The lowest BCUT2D eigenvalue weighted by Gasteiger charge is -2.12. The van der Waals surface area contributed by atoms with Crippen LogP contribution in [0.2, 0.25) is 0 Å². The van der Waals surface area contributed by atoms with Crippen LogP contribution in [0.1, 0.15) is 19.3 Å². The lowest BCUT2D eigenvalue weighted by molar-refractivity contribution is -0.117. The van der Waals surface area contributed by atoms with Crippen molar-refractivity contribution >= 4 is 17.5 Å². The molecule has 0 saturated heterocycles. The topological polar surface area (TPSA) is 26.3 Å². The lowest BCUT2D eigenvalue weighted by atomic mass is 10.3. The Morgan fingerprint density at radius 2 is 2.07 bits per heavy atom. The third-order valence-electron chi connectivity index (χ3n) is 2.56. The number of carbonyl (C=O) groups is 1. The number of ketones is 1. The van der Waals surface area contributed by atoms with Crippen molar-refractivity contribution in [3.63, 3.8) is 0 Å². The summed E-state index contributed by atoms with van der Waals surface area (Å²) in [4.78, 5) is 12.3. The number of benzene rings is 1. The molecule has 1 aliphatic carbocycles. The largest absolute Gasteiger partial charge is 0.490 e. The maximum Gasteiger partial charge on any atom is 0.136 e. The van der Waals surface area contributed by atoms with Gasteiger partial charge in [-0.15, -0.1) is 11.8 Å². The molecule has 1 fully saturated rings. The molecule has 1 aromatic rings. The molecule has 2 nitrogen and oxygen atoms in total. The number of carbonyl (C=O) groups excluding carboxylic acids is 1. The normalized spacial score (nSPS) is 20.6. The molecule has 0 N–H and O–H groups in total. The first-order valence-corrected chi connectivity index (χ1v) is 6.33. The van der Waals surface area contributed by atoms with Gasteiger partial charge in [0, 0.05) is 17.7 Å². The zero-order chi connectivity index (χ0) is 10.7. The Hall–Kier alpha value is -0.960. The fourth-order valence-electron chi connectivity index (χ4n) is 1.73. The highest BCUT2D eigenvalue weighted by Gasteiger charge is 2.23. The van der Waals surface area contributed by atoms with Crippen molar-refractivity contribution in [2.24, 2.45) is 0 Å². The first-order chi connectivity index (χ1) is 7.28. The van der Waals surface area contributed by atoms with Crippen LogP contribution in [-0.2, 0) is 4.79 Å². The van der Waals surface area contributed by atoms with E-state index in [0.717, 1.165) is 12.2 Å². The van der Waals surface area contributed by atoms with Crippen molar-refractivity contribution in [1.29, 1.82) is 0 Å². The highest BCUT2D eigenvalue weighted by Crippen LogP contribution is 2.24. The van der Waals surface area contributed by atoms with Crippen molar-refractivity contribution in [2.45, 2.75) is 30.3 Å². The van der Waals surface area contributed by atoms with Gasteiger partial charge in [0.15, 0.2) is 0 Å². The van der Waals surface area contributed by atoms with E-state index >= 15 is 0 Å². The second-order valence-corrected chi connectivity index (χ2v) is 4.58. The number of hydrogen-bond donors (Lipinski definition) is 0. The Bertz CT molecular complexity index is 345. The molecule has 80 valence electrons. The second kappa shape index (κ2) is 4.71. The molecule has 0 bridgehead atoms. The van der Waals surface area contributed by atoms with Gasteiger partial charge in [-0.1, -0.05) is 0 Å². The number of thioether (sulfide) groups is 1. The van der Waals surface area contributed by atoms with E-state index in [2.05, 4.69) is 0 Å². The monoisotopic (exact) mass is 222 g/mol. The Morgan fingerprint density at radius 3 is 2.60 bits per heavy atom. The quantitative estimate of drug-likeness (QED) is 0.736. The van der Waals surface area contributed by atoms with Gasteiger partial charge < -0.3 is 4.74 Å². The molecule has 1 aromatic carbocycles. The van der Waals surface area contributed by atoms with Crippen LogP contribution in [-0.4, -0.2) is 18.1 Å². The predicted octanol–water partition coefficient (Wildman–Crippen LogP) is 2.91. The third-order valence-corrected chi connectivity index (χ3v) is 3.31. The van der Waals surface area contributed by atoms with Crippen molar-refractivity contribution in [1.82, 2.24) is 0 Å². The van der Waals surface area contributed by atoms with Gasteiger partial charge in [0.25, 0.3) is 0 Å². The Balaban J connectivity index is 1.96. The molecule has 0 amide bonds. The van der Waals surface area contributed by atoms with E-state index in [1.807, 2.05) is 30.5 Å². The molecular weight excluding hydrogens is 208 g/mol. The molecule has 1 saturated carbocycles. The summed E-state index contributed by atoms with van der Waals surface area (Å²) in [7, 11) is 0. The number of Topliss-reactive ketones (excluding diaryl/α,β-unsaturated/α-hetero) is 1. The molecule has 3 heteroatoms. The van der Waals surface area contributed by atoms with Gasteiger partial charge in [0.05, 0.1) is 0 Å². The van der Waals surface area contributed by atoms with Gasteiger partial charge in [0.2, 0.25) is 0 Å². The van der Waals surface area contributed by atoms with Gasteiger partial charge in [-0.2, -0.15) is 0 Å². The van der Waals surface area contributed by atoms with Gasteiger partial charge in [-0.05, 0) is 36.9 Å². The average molecular weight is 222 g/mol. The summed E-state index contributed by atoms with van der Waals surface area (Å²) in [6.45, 7) is 0. The van der Waals surface area contributed by atoms with Crippen molar-refractivity contribution in [3.05, 3.63) is 24.3 Å². The molecule has 1 atom stereocenters. The Kier molecular flexibility index (Phi) is 3.31. The summed E-state index contributed by atoms with van der Waals surface area (Å²) in [5.74, 6) is 1.19.